The van der Waals surface area contributed by atoms with Crippen LogP contribution in [0.3, 0.4) is 0 Å². The first-order valence-corrected chi connectivity index (χ1v) is 24.8. The van der Waals surface area contributed by atoms with Crippen LogP contribution in [-0.2, 0) is 46.0 Å². The molecule has 10 N–H and O–H groups in total. The maximum atomic E-state index is 12.5. The summed E-state index contributed by atoms with van der Waals surface area (Å²) in [6.45, 7) is 0.204. The molecule has 3 fully saturated rings. The second-order valence-electron chi connectivity index (χ2n) is 14.1. The van der Waals surface area contributed by atoms with Gasteiger partial charge in [-0.15, -0.1) is 0 Å². The number of aromatic nitrogens is 2. The minimum Gasteiger partial charge on any atom is -0.356 e. The predicted molar refractivity (Wildman–Crippen MR) is 214 cm³/mol. The number of ether oxygens (including phenoxy) is 1. The second-order valence-corrected chi connectivity index (χ2v) is 19.8. The zero-order valence-corrected chi connectivity index (χ0v) is 35.9. The number of urea groups is 1. The number of unbranched alkanes of at least 4 members (excludes halogenated alkanes) is 3. The van der Waals surface area contributed by atoms with Gasteiger partial charge >= 0.3 is 35.2 Å². The molecule has 28 heteroatoms. The number of carbonyl (C=O) groups is 4. The second kappa shape index (κ2) is 23.3. The highest BCUT2D eigenvalue weighted by atomic mass is 32.2. The fraction of sp³-hybridized carbons (Fsp3) is 0.688. The van der Waals surface area contributed by atoms with Gasteiger partial charge in [0.1, 0.15) is 6.23 Å². The maximum absolute atomic E-state index is 12.5. The molecule has 338 valence electrons. The van der Waals surface area contributed by atoms with Crippen LogP contribution in [0.2, 0.25) is 0 Å². The van der Waals surface area contributed by atoms with Gasteiger partial charge in [0.15, 0.2) is 0 Å². The minimum absolute atomic E-state index is 0.0114. The highest BCUT2D eigenvalue weighted by molar-refractivity contribution is 8.00. The van der Waals surface area contributed by atoms with Gasteiger partial charge in [-0.1, -0.05) is 25.0 Å². The smallest absolute Gasteiger partial charge is 0.356 e. The summed E-state index contributed by atoms with van der Waals surface area (Å²) < 4.78 is 52.8. The number of hydrogen-bond acceptors (Lipinski definition) is 14. The van der Waals surface area contributed by atoms with Gasteiger partial charge in [-0.05, 0) is 44.9 Å². The normalized spacial score (nSPS) is 23.3. The fourth-order valence-corrected chi connectivity index (χ4v) is 11.1. The number of amides is 5. The number of phosphoric acid groups is 3. The van der Waals surface area contributed by atoms with Crippen molar-refractivity contribution in [3.8, 4) is 0 Å². The molecule has 4 rings (SSSR count). The number of aromatic amines is 1. The summed E-state index contributed by atoms with van der Waals surface area (Å²) in [6, 6.07) is 0.273. The van der Waals surface area contributed by atoms with Gasteiger partial charge in [0, 0.05) is 56.1 Å². The molecule has 3 aliphatic heterocycles. The van der Waals surface area contributed by atoms with E-state index < -0.39 is 53.7 Å². The molecule has 0 spiro atoms. The molecule has 0 saturated carbocycles. The Morgan fingerprint density at radius 2 is 1.52 bits per heavy atom. The standard InChI is InChI=1S/C32H52N7O17P3S/c40-25(10-2-1-5-15-33-26(41)11-4-3-9-24-29-23(20-60-24)36-31(44)37-29)35-17-7-12-27(42)34-16-6-8-21-18-39(32(45)38-30(21)43)28-14-13-22(54-28)19-53-58(49,50)56-59(51,52)55-57(46,47)48/h6,8,18,22-24,28-29H,1-5,7,9-17,19-20H2,(H,33,41)(H,34,42)(H,35,40)(H,49,50)(H,51,52)(H2,36,37,44)(H,38,43,45)(H2,46,47,48)/b8-6+/t22-,23-,24-,28+,29-/m0/s1. The van der Waals surface area contributed by atoms with Crippen molar-refractivity contribution in [1.82, 2.24) is 36.1 Å². The summed E-state index contributed by atoms with van der Waals surface area (Å²) in [5.41, 5.74) is -1.51. The van der Waals surface area contributed by atoms with Crippen molar-refractivity contribution >= 4 is 65.1 Å². The monoisotopic (exact) mass is 931 g/mol. The van der Waals surface area contributed by atoms with Crippen molar-refractivity contribution in [2.45, 2.75) is 107 Å². The molecule has 2 unspecified atom stereocenters. The largest absolute Gasteiger partial charge is 0.490 e. The van der Waals surface area contributed by atoms with E-state index in [4.69, 9.17) is 14.5 Å². The molecule has 0 aliphatic carbocycles. The molecular formula is C32H52N7O17P3S. The highest BCUT2D eigenvalue weighted by Crippen LogP contribution is 2.66. The van der Waals surface area contributed by atoms with E-state index in [1.54, 1.807) is 0 Å². The van der Waals surface area contributed by atoms with E-state index in [0.717, 1.165) is 42.4 Å². The van der Waals surface area contributed by atoms with Gasteiger partial charge in [-0.25, -0.2) is 23.3 Å². The Bertz CT molecular complexity index is 1960. The lowest BCUT2D eigenvalue weighted by Gasteiger charge is -2.19. The highest BCUT2D eigenvalue weighted by Gasteiger charge is 2.43. The van der Waals surface area contributed by atoms with Crippen LogP contribution in [0.4, 0.5) is 4.79 Å². The molecule has 1 aromatic rings. The molecule has 0 bridgehead atoms. The number of hydrogen-bond donors (Lipinski definition) is 10. The van der Waals surface area contributed by atoms with E-state index >= 15 is 0 Å². The summed E-state index contributed by atoms with van der Waals surface area (Å²) in [7, 11) is -16.6. The topological polar surface area (TPSA) is 352 Å². The molecule has 5 amide bonds. The van der Waals surface area contributed by atoms with Gasteiger partial charge < -0.3 is 50.9 Å². The molecule has 60 heavy (non-hydrogen) atoms. The first-order chi connectivity index (χ1) is 28.3. The third kappa shape index (κ3) is 17.7. The Kier molecular flexibility index (Phi) is 19.2. The van der Waals surface area contributed by atoms with E-state index in [1.807, 2.05) is 11.8 Å². The fourth-order valence-electron chi connectivity index (χ4n) is 6.52. The SMILES string of the molecule is O=C(CCCNC(=O)CCCCCNC(=O)CCCC[C@@H]1SC[C@@H]2NC(=O)N[C@@H]21)NC/C=C/c1cn([C@H]2CC[C@@H](COP(=O)(O)OP(=O)(O)OP(=O)(O)O)O2)c(=O)[nH]c1=O. The number of thioether (sulfide) groups is 1. The van der Waals surface area contributed by atoms with E-state index in [9.17, 15) is 52.2 Å². The number of nitrogens with zero attached hydrogens (tertiary/aromatic N) is 1. The van der Waals surface area contributed by atoms with Crippen LogP contribution < -0.4 is 37.8 Å². The average molecular weight is 932 g/mol. The van der Waals surface area contributed by atoms with Crippen LogP contribution in [0, 0.1) is 0 Å². The van der Waals surface area contributed by atoms with Crippen LogP contribution in [-0.4, -0.2) is 108 Å². The maximum Gasteiger partial charge on any atom is 0.490 e. The Morgan fingerprint density at radius 1 is 0.850 bits per heavy atom. The number of fused-ring (bicyclic) bond motifs is 1. The van der Waals surface area contributed by atoms with Crippen molar-refractivity contribution in [2.75, 3.05) is 32.0 Å². The lowest BCUT2D eigenvalue weighted by molar-refractivity contribution is -0.122. The lowest BCUT2D eigenvalue weighted by atomic mass is 10.0. The number of nitrogens with one attached hydrogen (secondary N) is 6. The summed E-state index contributed by atoms with van der Waals surface area (Å²) in [5, 5.41) is 14.6. The molecule has 3 saturated heterocycles. The number of carbonyl (C=O) groups excluding carboxylic acids is 4. The third-order valence-electron chi connectivity index (χ3n) is 9.33. The molecule has 7 atom stereocenters. The molecule has 0 radical (unpaired) electrons. The van der Waals surface area contributed by atoms with Gasteiger partial charge in [-0.3, -0.25) is 33.3 Å². The Balaban J connectivity index is 1.02. The van der Waals surface area contributed by atoms with Crippen molar-refractivity contribution < 1.29 is 70.3 Å². The van der Waals surface area contributed by atoms with E-state index in [-0.39, 0.29) is 67.2 Å². The molecule has 4 heterocycles. The van der Waals surface area contributed by atoms with Crippen LogP contribution in [0.25, 0.3) is 6.08 Å². The van der Waals surface area contributed by atoms with Gasteiger partial charge in [0.05, 0.1) is 30.4 Å². The quantitative estimate of drug-likeness (QED) is 0.0352. The van der Waals surface area contributed by atoms with Gasteiger partial charge in [0.2, 0.25) is 17.7 Å². The lowest BCUT2D eigenvalue weighted by Crippen LogP contribution is -2.36. The van der Waals surface area contributed by atoms with Gasteiger partial charge in [-0.2, -0.15) is 20.4 Å². The van der Waals surface area contributed by atoms with E-state index in [0.29, 0.717) is 44.0 Å². The minimum atomic E-state index is -5.69. The van der Waals surface area contributed by atoms with Crippen LogP contribution in [0.1, 0.15) is 88.8 Å². The Hall–Kier alpha value is -3.18. The molecule has 1 aromatic heterocycles. The van der Waals surface area contributed by atoms with Crippen LogP contribution in [0.5, 0.6) is 0 Å². The van der Waals surface area contributed by atoms with E-state index in [1.165, 1.54) is 18.3 Å². The van der Waals surface area contributed by atoms with Crippen LogP contribution >= 0.6 is 35.2 Å². The summed E-state index contributed by atoms with van der Waals surface area (Å²) >= 11 is 1.86. The van der Waals surface area contributed by atoms with Crippen LogP contribution in [0.15, 0.2) is 21.9 Å². The van der Waals surface area contributed by atoms with E-state index in [2.05, 4.69) is 44.7 Å². The Morgan fingerprint density at radius 3 is 2.23 bits per heavy atom. The molecule has 3 aliphatic rings. The van der Waals surface area contributed by atoms with Crippen molar-refractivity contribution in [2.24, 2.45) is 0 Å². The summed E-state index contributed by atoms with van der Waals surface area (Å²) in [4.78, 5) is 111. The molecule has 24 nitrogen and oxygen atoms in total. The first-order valence-electron chi connectivity index (χ1n) is 19.2. The number of rotatable bonds is 26. The summed E-state index contributed by atoms with van der Waals surface area (Å²) in [5.74, 6) is 0.505. The van der Waals surface area contributed by atoms with Crippen molar-refractivity contribution in [3.05, 3.63) is 38.7 Å². The third-order valence-corrected chi connectivity index (χ3v) is 14.6. The van der Waals surface area contributed by atoms with Crippen molar-refractivity contribution in [1.29, 1.82) is 0 Å². The number of phosphoric ester groups is 1. The zero-order valence-electron chi connectivity index (χ0n) is 32.4. The number of H-pyrrole nitrogens is 1. The summed E-state index contributed by atoms with van der Waals surface area (Å²) in [6.07, 6.45) is 8.68. The molecular weight excluding hydrogens is 879 g/mol. The predicted octanol–water partition coefficient (Wildman–Crippen LogP) is 0.986. The molecule has 0 aromatic carbocycles. The zero-order chi connectivity index (χ0) is 43.9. The average Bonchev–Trinajstić information content (AvgIpc) is 3.87. The first kappa shape index (κ1) is 49.5. The Labute approximate surface area is 348 Å². The van der Waals surface area contributed by atoms with Crippen molar-refractivity contribution in [3.63, 3.8) is 0 Å². The van der Waals surface area contributed by atoms with Gasteiger partial charge in [0.25, 0.3) is 5.56 Å².